The molecule has 1 heterocycles. The second kappa shape index (κ2) is 7.52. The first kappa shape index (κ1) is 17.9. The lowest BCUT2D eigenvalue weighted by molar-refractivity contribution is -0.143. The van der Waals surface area contributed by atoms with Crippen LogP contribution in [-0.4, -0.2) is 35.8 Å². The number of hydrogen-bond donors (Lipinski definition) is 0. The number of fused-ring (bicyclic) bond motifs is 1. The van der Waals surface area contributed by atoms with Crippen molar-refractivity contribution in [3.05, 3.63) is 70.8 Å². The van der Waals surface area contributed by atoms with E-state index in [-0.39, 0.29) is 36.7 Å². The van der Waals surface area contributed by atoms with Gasteiger partial charge >= 0.3 is 5.97 Å². The van der Waals surface area contributed by atoms with Gasteiger partial charge < -0.3 is 4.74 Å². The summed E-state index contributed by atoms with van der Waals surface area (Å²) in [5, 5.41) is 0. The summed E-state index contributed by atoms with van der Waals surface area (Å²) in [5.41, 5.74) is 2.78. The Balaban J connectivity index is 1.89. The van der Waals surface area contributed by atoms with Gasteiger partial charge in [-0.15, -0.1) is 0 Å². The number of carbonyl (C=O) groups is 3. The quantitative estimate of drug-likeness (QED) is 0.591. The molecule has 134 valence electrons. The van der Waals surface area contributed by atoms with Crippen LogP contribution in [0.25, 0.3) is 0 Å². The molecule has 2 amide bonds. The van der Waals surface area contributed by atoms with E-state index in [0.29, 0.717) is 17.7 Å². The largest absolute Gasteiger partial charge is 0.466 e. The van der Waals surface area contributed by atoms with E-state index in [1.165, 1.54) is 4.90 Å². The van der Waals surface area contributed by atoms with Crippen molar-refractivity contribution >= 4 is 17.8 Å². The number of benzene rings is 2. The highest BCUT2D eigenvalue weighted by Crippen LogP contribution is 2.29. The lowest BCUT2D eigenvalue weighted by atomic mass is 9.91. The Morgan fingerprint density at radius 3 is 2.15 bits per heavy atom. The van der Waals surface area contributed by atoms with E-state index < -0.39 is 0 Å². The van der Waals surface area contributed by atoms with Gasteiger partial charge in [0.15, 0.2) is 0 Å². The van der Waals surface area contributed by atoms with Crippen LogP contribution in [0.4, 0.5) is 0 Å². The molecule has 0 aromatic heterocycles. The van der Waals surface area contributed by atoms with Crippen LogP contribution >= 0.6 is 0 Å². The predicted molar refractivity (Wildman–Crippen MR) is 97.0 cm³/mol. The predicted octanol–water partition coefficient (Wildman–Crippen LogP) is 3.33. The molecule has 0 fully saturated rings. The molecule has 5 nitrogen and oxygen atoms in total. The van der Waals surface area contributed by atoms with Gasteiger partial charge in [-0.1, -0.05) is 36.4 Å². The molecule has 0 N–H and O–H groups in total. The molecule has 26 heavy (non-hydrogen) atoms. The minimum atomic E-state index is -0.336. The second-order valence-electron chi connectivity index (χ2n) is 6.33. The molecular formula is C21H21NO4. The van der Waals surface area contributed by atoms with E-state index in [0.717, 1.165) is 11.1 Å². The van der Waals surface area contributed by atoms with Crippen LogP contribution in [0.15, 0.2) is 48.5 Å². The van der Waals surface area contributed by atoms with Crippen LogP contribution < -0.4 is 0 Å². The number of esters is 1. The van der Waals surface area contributed by atoms with Crippen molar-refractivity contribution in [2.75, 3.05) is 13.2 Å². The Kier molecular flexibility index (Phi) is 5.16. The van der Waals surface area contributed by atoms with E-state index >= 15 is 0 Å². The third-order valence-corrected chi connectivity index (χ3v) is 4.63. The summed E-state index contributed by atoms with van der Waals surface area (Å²) in [4.78, 5) is 38.6. The second-order valence-corrected chi connectivity index (χ2v) is 6.33. The smallest absolute Gasteiger partial charge is 0.306 e. The number of nitrogens with zero attached hydrogens (tertiary/aromatic N) is 1. The van der Waals surface area contributed by atoms with Crippen LogP contribution in [0.2, 0.25) is 0 Å². The van der Waals surface area contributed by atoms with Crippen molar-refractivity contribution < 1.29 is 19.1 Å². The minimum absolute atomic E-state index is 0.117. The van der Waals surface area contributed by atoms with Crippen LogP contribution in [0.1, 0.15) is 51.1 Å². The summed E-state index contributed by atoms with van der Waals surface area (Å²) >= 11 is 0. The molecular weight excluding hydrogens is 330 g/mol. The summed E-state index contributed by atoms with van der Waals surface area (Å²) in [7, 11) is 0. The molecule has 1 atom stereocenters. The summed E-state index contributed by atoms with van der Waals surface area (Å²) < 4.78 is 5.09. The Bertz CT molecular complexity index is 824. The zero-order valence-electron chi connectivity index (χ0n) is 14.9. The number of ether oxygens (including phenoxy) is 1. The van der Waals surface area contributed by atoms with E-state index in [9.17, 15) is 14.4 Å². The van der Waals surface area contributed by atoms with Crippen molar-refractivity contribution in [3.8, 4) is 0 Å². The number of amides is 2. The first-order chi connectivity index (χ1) is 12.5. The van der Waals surface area contributed by atoms with Gasteiger partial charge in [0.2, 0.25) is 0 Å². The molecule has 0 bridgehead atoms. The van der Waals surface area contributed by atoms with Crippen molar-refractivity contribution in [1.29, 1.82) is 0 Å². The number of imide groups is 1. The number of aryl methyl sites for hydroxylation is 1. The summed E-state index contributed by atoms with van der Waals surface area (Å²) in [5.74, 6) is -1.27. The molecule has 0 radical (unpaired) electrons. The van der Waals surface area contributed by atoms with Gasteiger partial charge in [-0.05, 0) is 37.1 Å². The van der Waals surface area contributed by atoms with Crippen LogP contribution in [0.5, 0.6) is 0 Å². The van der Waals surface area contributed by atoms with Crippen molar-refractivity contribution in [3.63, 3.8) is 0 Å². The molecule has 0 aliphatic carbocycles. The molecule has 2 aromatic carbocycles. The SMILES string of the molecule is CCOC(=O)CC(CN1C(=O)c2ccccc2C1=O)c1ccccc1C. The normalized spacial score (nSPS) is 14.3. The molecule has 5 heteroatoms. The fourth-order valence-electron chi connectivity index (χ4n) is 3.36. The lowest BCUT2D eigenvalue weighted by Gasteiger charge is -2.23. The van der Waals surface area contributed by atoms with Gasteiger partial charge in [0, 0.05) is 12.5 Å². The molecule has 1 aliphatic rings. The number of carbonyl (C=O) groups excluding carboxylic acids is 3. The van der Waals surface area contributed by atoms with Crippen LogP contribution in [0, 0.1) is 6.92 Å². The van der Waals surface area contributed by atoms with Crippen LogP contribution in [-0.2, 0) is 9.53 Å². The van der Waals surface area contributed by atoms with Crippen molar-refractivity contribution in [2.45, 2.75) is 26.2 Å². The first-order valence-corrected chi connectivity index (χ1v) is 8.69. The van der Waals surface area contributed by atoms with E-state index in [1.54, 1.807) is 31.2 Å². The highest BCUT2D eigenvalue weighted by molar-refractivity contribution is 6.21. The molecule has 0 saturated carbocycles. The van der Waals surface area contributed by atoms with Gasteiger partial charge in [-0.25, -0.2) is 0 Å². The minimum Gasteiger partial charge on any atom is -0.466 e. The van der Waals surface area contributed by atoms with Gasteiger partial charge in [-0.2, -0.15) is 0 Å². The fraction of sp³-hybridized carbons (Fsp3) is 0.286. The van der Waals surface area contributed by atoms with Gasteiger partial charge in [0.1, 0.15) is 0 Å². The van der Waals surface area contributed by atoms with Crippen LogP contribution in [0.3, 0.4) is 0 Å². The molecule has 1 aliphatic heterocycles. The standard InChI is InChI=1S/C21H21NO4/c1-3-26-19(23)12-15(16-9-5-4-8-14(16)2)13-22-20(24)17-10-6-7-11-18(17)21(22)25/h4-11,15H,3,12-13H2,1-2H3. The van der Waals surface area contributed by atoms with E-state index in [1.807, 2.05) is 31.2 Å². The maximum Gasteiger partial charge on any atom is 0.306 e. The van der Waals surface area contributed by atoms with Gasteiger partial charge in [-0.3, -0.25) is 19.3 Å². The van der Waals surface area contributed by atoms with E-state index in [2.05, 4.69) is 0 Å². The molecule has 3 rings (SSSR count). The zero-order chi connectivity index (χ0) is 18.7. The number of rotatable bonds is 6. The Hall–Kier alpha value is -2.95. The average Bonchev–Trinajstić information content (AvgIpc) is 2.87. The average molecular weight is 351 g/mol. The monoisotopic (exact) mass is 351 g/mol. The summed E-state index contributed by atoms with van der Waals surface area (Å²) in [6, 6.07) is 14.5. The Morgan fingerprint density at radius 1 is 1.00 bits per heavy atom. The maximum atomic E-state index is 12.7. The van der Waals surface area contributed by atoms with Gasteiger partial charge in [0.05, 0.1) is 24.2 Å². The van der Waals surface area contributed by atoms with Crippen molar-refractivity contribution in [2.24, 2.45) is 0 Å². The number of hydrogen-bond acceptors (Lipinski definition) is 4. The highest BCUT2D eigenvalue weighted by atomic mass is 16.5. The van der Waals surface area contributed by atoms with E-state index in [4.69, 9.17) is 4.74 Å². The fourth-order valence-corrected chi connectivity index (χ4v) is 3.36. The maximum absolute atomic E-state index is 12.7. The molecule has 2 aromatic rings. The Morgan fingerprint density at radius 2 is 1.58 bits per heavy atom. The summed E-state index contributed by atoms with van der Waals surface area (Å²) in [6.45, 7) is 4.16. The molecule has 1 unspecified atom stereocenters. The zero-order valence-corrected chi connectivity index (χ0v) is 14.9. The molecule has 0 saturated heterocycles. The third-order valence-electron chi connectivity index (χ3n) is 4.63. The third kappa shape index (κ3) is 3.38. The highest BCUT2D eigenvalue weighted by Gasteiger charge is 2.37. The molecule has 0 spiro atoms. The summed E-state index contributed by atoms with van der Waals surface area (Å²) in [6.07, 6.45) is 0.117. The topological polar surface area (TPSA) is 63.7 Å². The lowest BCUT2D eigenvalue weighted by Crippen LogP contribution is -2.35. The van der Waals surface area contributed by atoms with Crippen molar-refractivity contribution in [1.82, 2.24) is 4.90 Å². The Labute approximate surface area is 152 Å². The van der Waals surface area contributed by atoms with Gasteiger partial charge in [0.25, 0.3) is 11.8 Å². The first-order valence-electron chi connectivity index (χ1n) is 8.69.